The number of hydrogen-bond acceptors (Lipinski definition) is 7. The van der Waals surface area contributed by atoms with Gasteiger partial charge in [0.1, 0.15) is 17.2 Å². The summed E-state index contributed by atoms with van der Waals surface area (Å²) in [7, 11) is 1.22. The number of allylic oxidation sites excluding steroid dienone is 1. The highest BCUT2D eigenvalue weighted by atomic mass is 16.6. The molecule has 8 nitrogen and oxygen atoms in total. The summed E-state index contributed by atoms with van der Waals surface area (Å²) in [6.45, 7) is 0. The van der Waals surface area contributed by atoms with Gasteiger partial charge >= 0.3 is 0 Å². The summed E-state index contributed by atoms with van der Waals surface area (Å²) >= 11 is 0. The van der Waals surface area contributed by atoms with Crippen LogP contribution in [0.3, 0.4) is 0 Å². The maximum Gasteiger partial charge on any atom is 0.266 e. The second-order valence-electron chi connectivity index (χ2n) is 4.95. The van der Waals surface area contributed by atoms with E-state index in [4.69, 9.17) is 9.47 Å². The van der Waals surface area contributed by atoms with Crippen LogP contribution >= 0.6 is 0 Å². The number of aromatic hydroxyl groups is 1. The zero-order valence-corrected chi connectivity index (χ0v) is 12.3. The molecule has 1 N–H and O–H groups in total. The van der Waals surface area contributed by atoms with Crippen molar-refractivity contribution in [3.05, 3.63) is 57.3 Å². The van der Waals surface area contributed by atoms with Crippen LogP contribution in [0.15, 0.2) is 36.1 Å². The molecule has 1 aliphatic rings. The number of nitro benzene ring substituents is 1. The quantitative estimate of drug-likeness (QED) is 0.519. The summed E-state index contributed by atoms with van der Waals surface area (Å²) in [5.41, 5.74) is -0.193. The van der Waals surface area contributed by atoms with Gasteiger partial charge in [-0.05, 0) is 29.8 Å². The van der Waals surface area contributed by atoms with Gasteiger partial charge in [-0.3, -0.25) is 14.9 Å². The molecule has 1 aliphatic heterocycles. The van der Waals surface area contributed by atoms with Gasteiger partial charge in [0, 0.05) is 17.9 Å². The van der Waals surface area contributed by atoms with Gasteiger partial charge in [0.25, 0.3) is 5.69 Å². The third-order valence-electron chi connectivity index (χ3n) is 3.43. The zero-order valence-electron chi connectivity index (χ0n) is 12.3. The molecule has 8 heteroatoms. The fourth-order valence-electron chi connectivity index (χ4n) is 2.31. The maximum absolute atomic E-state index is 12.3. The van der Waals surface area contributed by atoms with E-state index >= 15 is 0 Å². The fraction of sp³-hybridized carbons (Fsp3) is 0.0625. The van der Waals surface area contributed by atoms with E-state index in [2.05, 4.69) is 0 Å². The van der Waals surface area contributed by atoms with Gasteiger partial charge in [0.15, 0.2) is 5.76 Å². The fourth-order valence-corrected chi connectivity index (χ4v) is 2.31. The Morgan fingerprint density at radius 2 is 2.04 bits per heavy atom. The smallest absolute Gasteiger partial charge is 0.266 e. The van der Waals surface area contributed by atoms with Crippen molar-refractivity contribution >= 4 is 17.5 Å². The average Bonchev–Trinajstić information content (AvgIpc) is 2.83. The standard InChI is InChI=1S/C16H11NO7/c1-23-13-5-8(4-11(16(13)20)17(21)22)6-14-15(19)10-3-2-9(18)7-12(10)24-14/h2-7,18,20H,1H3/p-1/b14-6+. The molecule has 0 amide bonds. The van der Waals surface area contributed by atoms with Crippen LogP contribution in [0, 0.1) is 10.1 Å². The van der Waals surface area contributed by atoms with Crippen LogP contribution < -0.4 is 14.6 Å². The summed E-state index contributed by atoms with van der Waals surface area (Å²) < 4.78 is 10.2. The van der Waals surface area contributed by atoms with Crippen molar-refractivity contribution in [1.29, 1.82) is 0 Å². The molecule has 0 radical (unpaired) electrons. The topological polar surface area (TPSA) is 122 Å². The first-order valence-corrected chi connectivity index (χ1v) is 6.71. The van der Waals surface area contributed by atoms with E-state index < -0.39 is 22.1 Å². The lowest BCUT2D eigenvalue weighted by Gasteiger charge is -2.13. The number of hydrogen-bond donors (Lipinski definition) is 1. The van der Waals surface area contributed by atoms with Crippen molar-refractivity contribution < 1.29 is 29.4 Å². The van der Waals surface area contributed by atoms with E-state index in [1.165, 1.54) is 37.5 Å². The average molecular weight is 328 g/mol. The van der Waals surface area contributed by atoms with Gasteiger partial charge in [0.05, 0.1) is 17.6 Å². The van der Waals surface area contributed by atoms with Gasteiger partial charge in [-0.2, -0.15) is 0 Å². The van der Waals surface area contributed by atoms with Crippen LogP contribution in [0.5, 0.6) is 23.0 Å². The van der Waals surface area contributed by atoms with Crippen LogP contribution in [-0.2, 0) is 0 Å². The Kier molecular flexibility index (Phi) is 3.57. The molecule has 0 aromatic heterocycles. The number of phenols is 1. The van der Waals surface area contributed by atoms with E-state index in [9.17, 15) is 25.1 Å². The maximum atomic E-state index is 12.3. The Bertz CT molecular complexity index is 902. The monoisotopic (exact) mass is 328 g/mol. The highest BCUT2D eigenvalue weighted by molar-refractivity contribution is 6.14. The molecule has 0 atom stereocenters. The van der Waals surface area contributed by atoms with Crippen molar-refractivity contribution in [3.63, 3.8) is 0 Å². The number of carbonyl (C=O) groups is 1. The molecule has 0 bridgehead atoms. The Morgan fingerprint density at radius 3 is 2.71 bits per heavy atom. The van der Waals surface area contributed by atoms with Crippen molar-refractivity contribution in [2.45, 2.75) is 0 Å². The number of fused-ring (bicyclic) bond motifs is 1. The number of nitrogens with zero attached hydrogens (tertiary/aromatic N) is 1. The third-order valence-corrected chi connectivity index (χ3v) is 3.43. The SMILES string of the molecule is COc1cc(/C=C2/Oc3cc(O)ccc3C2=O)cc([N+](=O)[O-])c1[O-]. The Labute approximate surface area is 135 Å². The Morgan fingerprint density at radius 1 is 1.29 bits per heavy atom. The summed E-state index contributed by atoms with van der Waals surface area (Å²) in [5.74, 6) is -1.44. The first kappa shape index (κ1) is 15.3. The normalized spacial score (nSPS) is 14.4. The molecule has 0 aliphatic carbocycles. The number of ether oxygens (including phenoxy) is 2. The molecule has 0 unspecified atom stereocenters. The number of rotatable bonds is 3. The minimum atomic E-state index is -0.850. The molecule has 122 valence electrons. The van der Waals surface area contributed by atoms with Crippen LogP contribution in [0.25, 0.3) is 6.08 Å². The minimum Gasteiger partial charge on any atom is -0.865 e. The molecule has 3 rings (SSSR count). The van der Waals surface area contributed by atoms with E-state index in [0.29, 0.717) is 0 Å². The van der Waals surface area contributed by atoms with Gasteiger partial charge in [-0.15, -0.1) is 0 Å². The summed E-state index contributed by atoms with van der Waals surface area (Å²) in [6.07, 6.45) is 1.27. The molecule has 2 aromatic carbocycles. The van der Waals surface area contributed by atoms with Gasteiger partial charge in [-0.1, -0.05) is 0 Å². The molecule has 0 saturated heterocycles. The molecular formula is C16H10NO7-. The number of ketones is 1. The summed E-state index contributed by atoms with van der Waals surface area (Å²) in [5, 5.41) is 32.2. The number of Topliss-reactive ketones (excluding diaryl/α,β-unsaturated/α-hetero) is 1. The Hall–Kier alpha value is -3.55. The van der Waals surface area contributed by atoms with Crippen molar-refractivity contribution in [3.8, 4) is 23.0 Å². The van der Waals surface area contributed by atoms with Crippen LogP contribution in [0.1, 0.15) is 15.9 Å². The minimum absolute atomic E-state index is 0.0594. The predicted molar refractivity (Wildman–Crippen MR) is 80.1 cm³/mol. The third kappa shape index (κ3) is 2.50. The van der Waals surface area contributed by atoms with Gasteiger partial charge in [-0.25, -0.2) is 0 Å². The number of carbonyl (C=O) groups excluding carboxylic acids is 1. The Balaban J connectivity index is 2.05. The van der Waals surface area contributed by atoms with Gasteiger partial charge in [0.2, 0.25) is 5.78 Å². The molecule has 0 saturated carbocycles. The van der Waals surface area contributed by atoms with Crippen LogP contribution in [0.4, 0.5) is 5.69 Å². The molecular weight excluding hydrogens is 318 g/mol. The molecule has 0 fully saturated rings. The van der Waals surface area contributed by atoms with Gasteiger partial charge < -0.3 is 19.7 Å². The van der Waals surface area contributed by atoms with Crippen molar-refractivity contribution in [2.75, 3.05) is 7.11 Å². The van der Waals surface area contributed by atoms with E-state index in [1.807, 2.05) is 0 Å². The highest BCUT2D eigenvalue weighted by Crippen LogP contribution is 2.37. The van der Waals surface area contributed by atoms with Crippen molar-refractivity contribution in [2.24, 2.45) is 0 Å². The molecule has 1 heterocycles. The molecule has 24 heavy (non-hydrogen) atoms. The first-order valence-electron chi connectivity index (χ1n) is 6.71. The van der Waals surface area contributed by atoms with Crippen LogP contribution in [-0.4, -0.2) is 22.9 Å². The van der Waals surface area contributed by atoms with E-state index in [-0.39, 0.29) is 34.1 Å². The lowest BCUT2D eigenvalue weighted by Crippen LogP contribution is -2.02. The van der Waals surface area contributed by atoms with Crippen LogP contribution in [0.2, 0.25) is 0 Å². The summed E-state index contributed by atoms with van der Waals surface area (Å²) in [6, 6.07) is 6.37. The zero-order chi connectivity index (χ0) is 17.4. The largest absolute Gasteiger partial charge is 0.865 e. The van der Waals surface area contributed by atoms with E-state index in [0.717, 1.165) is 6.07 Å². The lowest BCUT2D eigenvalue weighted by molar-refractivity contribution is -0.398. The predicted octanol–water partition coefficient (Wildman–Crippen LogP) is 2.00. The number of nitro groups is 1. The van der Waals surface area contributed by atoms with E-state index in [1.54, 1.807) is 0 Å². The highest BCUT2D eigenvalue weighted by Gasteiger charge is 2.27. The summed E-state index contributed by atoms with van der Waals surface area (Å²) in [4.78, 5) is 22.4. The molecule has 2 aromatic rings. The molecule has 0 spiro atoms. The lowest BCUT2D eigenvalue weighted by atomic mass is 10.1. The van der Waals surface area contributed by atoms with Crippen molar-refractivity contribution in [1.82, 2.24) is 0 Å². The second-order valence-corrected chi connectivity index (χ2v) is 4.95. The number of phenolic OH excluding ortho intramolecular Hbond substituents is 1. The second kappa shape index (κ2) is 5.58. The number of methoxy groups -OCH3 is 1. The first-order chi connectivity index (χ1) is 11.4. The number of benzene rings is 2.